The average molecular weight is 556 g/mol. The molecule has 1 aliphatic heterocycles. The van der Waals surface area contributed by atoms with Crippen LogP contribution in [0.2, 0.25) is 0 Å². The first-order valence-corrected chi connectivity index (χ1v) is 15.8. The maximum absolute atomic E-state index is 13.6. The van der Waals surface area contributed by atoms with Crippen molar-refractivity contribution in [2.75, 3.05) is 54.0 Å². The van der Waals surface area contributed by atoms with Crippen LogP contribution in [0.1, 0.15) is 94.3 Å². The minimum absolute atomic E-state index is 0.265. The molecule has 0 saturated carbocycles. The SMILES string of the molecule is CCCCN(CCCC)c1ccc(C2(c3ccc(N(CC)CC)cc3)OC(=O)c3cc(N(CC)CC)ccc32)cc1. The maximum atomic E-state index is 13.6. The van der Waals surface area contributed by atoms with Crippen LogP contribution < -0.4 is 14.7 Å². The Bertz CT molecular complexity index is 1250. The van der Waals surface area contributed by atoms with Crippen molar-refractivity contribution in [1.82, 2.24) is 0 Å². The quantitative estimate of drug-likeness (QED) is 0.177. The van der Waals surface area contributed by atoms with Crippen molar-refractivity contribution in [2.24, 2.45) is 0 Å². The molecule has 1 aliphatic rings. The first-order valence-electron chi connectivity index (χ1n) is 15.8. The topological polar surface area (TPSA) is 36.0 Å². The van der Waals surface area contributed by atoms with Crippen molar-refractivity contribution >= 4 is 23.0 Å². The molecule has 0 fully saturated rings. The number of anilines is 3. The third kappa shape index (κ3) is 6.10. The van der Waals surface area contributed by atoms with Gasteiger partial charge in [0.05, 0.1) is 5.56 Å². The van der Waals surface area contributed by atoms with Crippen LogP contribution >= 0.6 is 0 Å². The molecule has 0 aromatic heterocycles. The van der Waals surface area contributed by atoms with Gasteiger partial charge in [-0.05, 0) is 76.9 Å². The Kier molecular flexibility index (Phi) is 10.4. The highest BCUT2D eigenvalue weighted by Gasteiger charge is 2.48. The lowest BCUT2D eigenvalue weighted by Crippen LogP contribution is -2.30. The van der Waals surface area contributed by atoms with Gasteiger partial charge in [-0.25, -0.2) is 4.79 Å². The molecule has 4 rings (SSSR count). The Morgan fingerprint density at radius 1 is 0.585 bits per heavy atom. The fourth-order valence-corrected chi connectivity index (χ4v) is 6.11. The first-order chi connectivity index (χ1) is 20.0. The zero-order valence-corrected chi connectivity index (χ0v) is 26.1. The number of carbonyl (C=O) groups excluding carboxylic acids is 1. The van der Waals surface area contributed by atoms with E-state index >= 15 is 0 Å². The molecule has 1 heterocycles. The van der Waals surface area contributed by atoms with E-state index in [9.17, 15) is 4.79 Å². The van der Waals surface area contributed by atoms with Crippen LogP contribution in [0.15, 0.2) is 66.7 Å². The monoisotopic (exact) mass is 555 g/mol. The summed E-state index contributed by atoms with van der Waals surface area (Å²) in [5, 5.41) is 0. The number of fused-ring (bicyclic) bond motifs is 1. The predicted molar refractivity (Wildman–Crippen MR) is 174 cm³/mol. The van der Waals surface area contributed by atoms with E-state index in [1.165, 1.54) is 37.1 Å². The van der Waals surface area contributed by atoms with Crippen molar-refractivity contribution in [3.8, 4) is 0 Å². The second-order valence-electron chi connectivity index (χ2n) is 10.9. The number of esters is 1. The van der Waals surface area contributed by atoms with Crippen LogP contribution in [0.3, 0.4) is 0 Å². The minimum Gasteiger partial charge on any atom is -0.441 e. The van der Waals surface area contributed by atoms with Gasteiger partial charge in [0, 0.05) is 73.0 Å². The van der Waals surface area contributed by atoms with Crippen molar-refractivity contribution in [1.29, 1.82) is 0 Å². The fraction of sp³-hybridized carbons (Fsp3) is 0.472. The predicted octanol–water partition coefficient (Wildman–Crippen LogP) is 8.25. The Labute approximate surface area is 248 Å². The average Bonchev–Trinajstić information content (AvgIpc) is 3.31. The number of rotatable bonds is 15. The largest absolute Gasteiger partial charge is 0.441 e. The number of ether oxygens (including phenoxy) is 1. The Morgan fingerprint density at radius 3 is 1.49 bits per heavy atom. The summed E-state index contributed by atoms with van der Waals surface area (Å²) in [5.74, 6) is -0.265. The summed E-state index contributed by atoms with van der Waals surface area (Å²) >= 11 is 0. The van der Waals surface area contributed by atoms with E-state index in [0.29, 0.717) is 5.56 Å². The van der Waals surface area contributed by atoms with E-state index in [1.807, 2.05) is 6.07 Å². The second-order valence-corrected chi connectivity index (χ2v) is 10.9. The molecule has 0 aliphatic carbocycles. The molecule has 5 heteroatoms. The highest BCUT2D eigenvalue weighted by Crippen LogP contribution is 2.48. The van der Waals surface area contributed by atoms with Gasteiger partial charge < -0.3 is 19.4 Å². The van der Waals surface area contributed by atoms with Crippen LogP contribution in [0, 0.1) is 0 Å². The van der Waals surface area contributed by atoms with Crippen molar-refractivity contribution in [3.05, 3.63) is 89.0 Å². The summed E-state index contributed by atoms with van der Waals surface area (Å²) in [7, 11) is 0. The van der Waals surface area contributed by atoms with Crippen LogP contribution in [0.4, 0.5) is 17.1 Å². The lowest BCUT2D eigenvalue weighted by molar-refractivity contribution is 0.0251. The van der Waals surface area contributed by atoms with Gasteiger partial charge in [0.1, 0.15) is 0 Å². The molecule has 3 aromatic rings. The van der Waals surface area contributed by atoms with Gasteiger partial charge in [0.25, 0.3) is 0 Å². The standard InChI is InChI=1S/C36H49N3O2/c1-7-13-25-39(26-14-8-2)31-21-17-29(18-22-31)36(28-15-19-30(20-16-28)37(9-3)10-4)34-24-23-32(38(11-5)12-6)27-33(34)35(40)41-36/h15-24,27H,7-14,25-26H2,1-6H3. The lowest BCUT2D eigenvalue weighted by Gasteiger charge is -2.32. The normalized spacial score (nSPS) is 15.9. The third-order valence-electron chi connectivity index (χ3n) is 8.58. The third-order valence-corrected chi connectivity index (χ3v) is 8.58. The van der Waals surface area contributed by atoms with E-state index in [4.69, 9.17) is 4.74 Å². The Balaban J connectivity index is 1.83. The molecule has 0 amide bonds. The molecule has 1 unspecified atom stereocenters. The van der Waals surface area contributed by atoms with E-state index in [2.05, 4.69) is 117 Å². The van der Waals surface area contributed by atoms with Gasteiger partial charge in [0.15, 0.2) is 5.60 Å². The first kappa shape index (κ1) is 30.5. The number of hydrogen-bond donors (Lipinski definition) is 0. The van der Waals surface area contributed by atoms with Crippen molar-refractivity contribution < 1.29 is 9.53 Å². The number of cyclic esters (lactones) is 1. The van der Waals surface area contributed by atoms with E-state index < -0.39 is 5.60 Å². The Hall–Kier alpha value is -3.47. The number of hydrogen-bond acceptors (Lipinski definition) is 5. The van der Waals surface area contributed by atoms with Gasteiger partial charge in [-0.2, -0.15) is 0 Å². The van der Waals surface area contributed by atoms with E-state index in [-0.39, 0.29) is 5.97 Å². The summed E-state index contributed by atoms with van der Waals surface area (Å²) in [6.45, 7) is 18.9. The molecule has 0 saturated heterocycles. The lowest BCUT2D eigenvalue weighted by atomic mass is 9.79. The van der Waals surface area contributed by atoms with E-state index in [1.54, 1.807) is 0 Å². The molecule has 3 aromatic carbocycles. The van der Waals surface area contributed by atoms with Crippen LogP contribution in [0.5, 0.6) is 0 Å². The molecule has 1 atom stereocenters. The molecular formula is C36H49N3O2. The van der Waals surface area contributed by atoms with Gasteiger partial charge in [-0.3, -0.25) is 0 Å². The van der Waals surface area contributed by atoms with Gasteiger partial charge in [0.2, 0.25) is 0 Å². The van der Waals surface area contributed by atoms with Crippen molar-refractivity contribution in [3.63, 3.8) is 0 Å². The molecule has 41 heavy (non-hydrogen) atoms. The summed E-state index contributed by atoms with van der Waals surface area (Å²) in [5.41, 5.74) is 5.97. The van der Waals surface area contributed by atoms with Crippen LogP contribution in [-0.4, -0.2) is 45.2 Å². The number of nitrogens with zero attached hydrogens (tertiary/aromatic N) is 3. The zero-order chi connectivity index (χ0) is 29.4. The summed E-state index contributed by atoms with van der Waals surface area (Å²) in [6.07, 6.45) is 4.70. The Morgan fingerprint density at radius 2 is 1.02 bits per heavy atom. The van der Waals surface area contributed by atoms with Crippen LogP contribution in [0.25, 0.3) is 0 Å². The minimum atomic E-state index is -0.994. The zero-order valence-electron chi connectivity index (χ0n) is 26.1. The van der Waals surface area contributed by atoms with Crippen molar-refractivity contribution in [2.45, 2.75) is 72.8 Å². The molecule has 0 spiro atoms. The van der Waals surface area contributed by atoms with Gasteiger partial charge in [-0.15, -0.1) is 0 Å². The second kappa shape index (κ2) is 13.9. The smallest absolute Gasteiger partial charge is 0.340 e. The van der Waals surface area contributed by atoms with Gasteiger partial charge in [-0.1, -0.05) is 57.0 Å². The van der Waals surface area contributed by atoms with E-state index in [0.717, 1.165) is 61.6 Å². The number of unbranched alkanes of at least 4 members (excludes halogenated alkanes) is 2. The van der Waals surface area contributed by atoms with Gasteiger partial charge >= 0.3 is 5.97 Å². The number of carbonyl (C=O) groups is 1. The molecule has 0 bridgehead atoms. The molecular weight excluding hydrogens is 506 g/mol. The summed E-state index contributed by atoms with van der Waals surface area (Å²) < 4.78 is 6.49. The molecule has 0 radical (unpaired) electrons. The maximum Gasteiger partial charge on any atom is 0.340 e. The molecule has 5 nitrogen and oxygen atoms in total. The highest BCUT2D eigenvalue weighted by molar-refractivity contribution is 5.97. The fourth-order valence-electron chi connectivity index (χ4n) is 6.11. The highest BCUT2D eigenvalue weighted by atomic mass is 16.6. The number of benzene rings is 3. The molecule has 0 N–H and O–H groups in total. The van der Waals surface area contributed by atoms with Crippen LogP contribution in [-0.2, 0) is 10.3 Å². The summed E-state index contributed by atoms with van der Waals surface area (Å²) in [6, 6.07) is 23.6. The molecule has 220 valence electrons. The summed E-state index contributed by atoms with van der Waals surface area (Å²) in [4.78, 5) is 20.7.